The van der Waals surface area contributed by atoms with Crippen LogP contribution in [-0.2, 0) is 15.0 Å². The Balaban J connectivity index is 2.10. The van der Waals surface area contributed by atoms with Crippen LogP contribution in [0.25, 0.3) is 0 Å². The van der Waals surface area contributed by atoms with Gasteiger partial charge in [-0.2, -0.15) is 0 Å². The summed E-state index contributed by atoms with van der Waals surface area (Å²) in [5, 5.41) is 11.8. The van der Waals surface area contributed by atoms with Gasteiger partial charge in [-0.25, -0.2) is 4.79 Å². The molecule has 1 aromatic rings. The van der Waals surface area contributed by atoms with Gasteiger partial charge in [0.2, 0.25) is 5.91 Å². The molecule has 2 rings (SSSR count). The van der Waals surface area contributed by atoms with Crippen LogP contribution in [0.2, 0.25) is 0 Å². The van der Waals surface area contributed by atoms with Gasteiger partial charge in [0.15, 0.2) is 0 Å². The lowest BCUT2D eigenvalue weighted by Gasteiger charge is -2.19. The average molecular weight is 261 g/mol. The van der Waals surface area contributed by atoms with E-state index in [4.69, 9.17) is 5.11 Å². The fourth-order valence-corrected chi connectivity index (χ4v) is 2.37. The summed E-state index contributed by atoms with van der Waals surface area (Å²) in [6.07, 6.45) is 2.78. The molecule has 1 fully saturated rings. The van der Waals surface area contributed by atoms with E-state index in [2.05, 4.69) is 5.32 Å². The minimum atomic E-state index is -0.959. The second-order valence-corrected chi connectivity index (χ2v) is 5.10. The second-order valence-electron chi connectivity index (χ2n) is 5.10. The maximum Gasteiger partial charge on any atom is 0.326 e. The normalized spacial score (nSPS) is 17.5. The quantitative estimate of drug-likeness (QED) is 0.824. The van der Waals surface area contributed by atoms with Crippen molar-refractivity contribution in [2.75, 3.05) is 0 Å². The van der Waals surface area contributed by atoms with Gasteiger partial charge in [0, 0.05) is 0 Å². The molecule has 0 radical (unpaired) electrons. The fraction of sp³-hybridized carbons (Fsp3) is 0.467. The Labute approximate surface area is 112 Å². The van der Waals surface area contributed by atoms with E-state index >= 15 is 0 Å². The lowest BCUT2D eigenvalue weighted by atomic mass is 9.94. The van der Waals surface area contributed by atoms with Crippen molar-refractivity contribution in [3.05, 3.63) is 35.9 Å². The smallest absolute Gasteiger partial charge is 0.326 e. The van der Waals surface area contributed by atoms with Crippen LogP contribution in [0.4, 0.5) is 0 Å². The van der Waals surface area contributed by atoms with Crippen LogP contribution in [0, 0.1) is 0 Å². The van der Waals surface area contributed by atoms with E-state index in [-0.39, 0.29) is 5.91 Å². The Hall–Kier alpha value is -1.84. The van der Waals surface area contributed by atoms with Crippen molar-refractivity contribution in [2.24, 2.45) is 0 Å². The predicted octanol–water partition coefficient (Wildman–Crippen LogP) is 2.09. The monoisotopic (exact) mass is 261 g/mol. The van der Waals surface area contributed by atoms with Crippen molar-refractivity contribution in [3.8, 4) is 0 Å². The molecule has 0 heterocycles. The zero-order valence-corrected chi connectivity index (χ0v) is 11.1. The topological polar surface area (TPSA) is 66.4 Å². The largest absolute Gasteiger partial charge is 0.480 e. The maximum absolute atomic E-state index is 12.3. The van der Waals surface area contributed by atoms with Gasteiger partial charge in [-0.3, -0.25) is 4.79 Å². The molecule has 1 amide bonds. The number of carboxylic acids is 1. The molecule has 102 valence electrons. The van der Waals surface area contributed by atoms with Crippen LogP contribution in [0.3, 0.4) is 0 Å². The number of aliphatic carboxylic acids is 1. The molecule has 1 aliphatic rings. The number of hydrogen-bond acceptors (Lipinski definition) is 2. The molecule has 0 unspecified atom stereocenters. The number of benzene rings is 1. The van der Waals surface area contributed by atoms with Crippen molar-refractivity contribution >= 4 is 11.9 Å². The number of carbonyl (C=O) groups excluding carboxylic acids is 1. The third-order valence-corrected chi connectivity index (χ3v) is 3.69. The second kappa shape index (κ2) is 5.43. The molecule has 0 saturated heterocycles. The Morgan fingerprint density at radius 2 is 1.95 bits per heavy atom. The molecule has 1 saturated carbocycles. The summed E-state index contributed by atoms with van der Waals surface area (Å²) < 4.78 is 0. The van der Waals surface area contributed by atoms with Gasteiger partial charge in [0.1, 0.15) is 6.04 Å². The zero-order chi connectivity index (χ0) is 13.9. The van der Waals surface area contributed by atoms with Gasteiger partial charge in [-0.1, -0.05) is 43.7 Å². The first kappa shape index (κ1) is 13.6. The first-order chi connectivity index (χ1) is 9.10. The van der Waals surface area contributed by atoms with E-state index in [0.29, 0.717) is 6.42 Å². The van der Waals surface area contributed by atoms with Gasteiger partial charge < -0.3 is 10.4 Å². The Bertz CT molecular complexity index is 466. The molecular weight excluding hydrogens is 242 g/mol. The van der Waals surface area contributed by atoms with Crippen molar-refractivity contribution in [1.82, 2.24) is 5.32 Å². The van der Waals surface area contributed by atoms with Gasteiger partial charge in [-0.05, 0) is 24.8 Å². The SMILES string of the molecule is CCC[C@H](NC(=O)C1(c2ccccc2)CC1)C(=O)O. The number of rotatable bonds is 6. The summed E-state index contributed by atoms with van der Waals surface area (Å²) in [6.45, 7) is 1.91. The standard InChI is InChI=1S/C15H19NO3/c1-2-6-12(13(17)18)16-14(19)15(9-10-15)11-7-4-3-5-8-11/h3-5,7-8,12H,2,6,9-10H2,1H3,(H,16,19)(H,17,18)/t12-/m0/s1. The van der Waals surface area contributed by atoms with E-state index in [1.807, 2.05) is 37.3 Å². The lowest BCUT2D eigenvalue weighted by Crippen LogP contribution is -2.45. The van der Waals surface area contributed by atoms with Crippen LogP contribution in [0.15, 0.2) is 30.3 Å². The molecule has 4 nitrogen and oxygen atoms in total. The van der Waals surface area contributed by atoms with Crippen molar-refractivity contribution in [3.63, 3.8) is 0 Å². The summed E-state index contributed by atoms with van der Waals surface area (Å²) in [4.78, 5) is 23.4. The van der Waals surface area contributed by atoms with E-state index in [1.54, 1.807) is 0 Å². The van der Waals surface area contributed by atoms with Crippen molar-refractivity contribution in [1.29, 1.82) is 0 Å². The molecule has 19 heavy (non-hydrogen) atoms. The van der Waals surface area contributed by atoms with Crippen molar-refractivity contribution in [2.45, 2.75) is 44.1 Å². The minimum Gasteiger partial charge on any atom is -0.480 e. The molecule has 2 N–H and O–H groups in total. The lowest BCUT2D eigenvalue weighted by molar-refractivity contribution is -0.142. The third-order valence-electron chi connectivity index (χ3n) is 3.69. The molecule has 0 spiro atoms. The molecular formula is C15H19NO3. The summed E-state index contributed by atoms with van der Waals surface area (Å²) in [7, 11) is 0. The number of carboxylic acid groups (broad SMARTS) is 1. The van der Waals surface area contributed by atoms with Gasteiger partial charge in [0.05, 0.1) is 5.41 Å². The first-order valence-electron chi connectivity index (χ1n) is 6.69. The van der Waals surface area contributed by atoms with Crippen LogP contribution in [-0.4, -0.2) is 23.0 Å². The minimum absolute atomic E-state index is 0.153. The number of carbonyl (C=O) groups is 2. The Kier molecular flexibility index (Phi) is 3.88. The molecule has 0 aliphatic heterocycles. The maximum atomic E-state index is 12.3. The Morgan fingerprint density at radius 3 is 2.42 bits per heavy atom. The molecule has 4 heteroatoms. The third kappa shape index (κ3) is 2.78. The number of nitrogens with one attached hydrogen (secondary N) is 1. The molecule has 0 aromatic heterocycles. The molecule has 1 aromatic carbocycles. The first-order valence-corrected chi connectivity index (χ1v) is 6.69. The number of hydrogen-bond donors (Lipinski definition) is 2. The van der Waals surface area contributed by atoms with E-state index in [9.17, 15) is 9.59 Å². The zero-order valence-electron chi connectivity index (χ0n) is 11.1. The van der Waals surface area contributed by atoms with Crippen LogP contribution in [0.5, 0.6) is 0 Å². The summed E-state index contributed by atoms with van der Waals surface area (Å²) in [5.41, 5.74) is 0.482. The predicted molar refractivity (Wildman–Crippen MR) is 71.8 cm³/mol. The number of amides is 1. The van der Waals surface area contributed by atoms with Crippen LogP contribution >= 0.6 is 0 Å². The van der Waals surface area contributed by atoms with E-state index < -0.39 is 17.4 Å². The van der Waals surface area contributed by atoms with Gasteiger partial charge >= 0.3 is 5.97 Å². The van der Waals surface area contributed by atoms with Crippen LogP contribution < -0.4 is 5.32 Å². The highest BCUT2D eigenvalue weighted by Crippen LogP contribution is 2.48. The summed E-state index contributed by atoms with van der Waals surface area (Å²) in [6, 6.07) is 8.81. The molecule has 1 atom stereocenters. The summed E-state index contributed by atoms with van der Waals surface area (Å²) >= 11 is 0. The highest BCUT2D eigenvalue weighted by Gasteiger charge is 2.51. The fourth-order valence-electron chi connectivity index (χ4n) is 2.37. The highest BCUT2D eigenvalue weighted by atomic mass is 16.4. The summed E-state index contributed by atoms with van der Waals surface area (Å²) in [5.74, 6) is -1.11. The molecule has 0 bridgehead atoms. The Morgan fingerprint density at radius 1 is 1.32 bits per heavy atom. The van der Waals surface area contributed by atoms with Crippen LogP contribution in [0.1, 0.15) is 38.2 Å². The van der Waals surface area contributed by atoms with E-state index in [1.165, 1.54) is 0 Å². The van der Waals surface area contributed by atoms with Crippen molar-refractivity contribution < 1.29 is 14.7 Å². The van der Waals surface area contributed by atoms with E-state index in [0.717, 1.165) is 24.8 Å². The van der Waals surface area contributed by atoms with Gasteiger partial charge in [0.25, 0.3) is 0 Å². The average Bonchev–Trinajstić information content (AvgIpc) is 3.20. The molecule has 1 aliphatic carbocycles. The highest BCUT2D eigenvalue weighted by molar-refractivity contribution is 5.93. The van der Waals surface area contributed by atoms with Gasteiger partial charge in [-0.15, -0.1) is 0 Å².